The molecule has 1 atom stereocenters. The second-order valence-electron chi connectivity index (χ2n) is 6.87. The van der Waals surface area contributed by atoms with Crippen molar-refractivity contribution in [3.63, 3.8) is 0 Å². The third-order valence-corrected chi connectivity index (χ3v) is 6.71. The fraction of sp³-hybridized carbons (Fsp3) is 0.529. The monoisotopic (exact) mass is 366 g/mol. The van der Waals surface area contributed by atoms with Gasteiger partial charge in [-0.1, -0.05) is 13.8 Å². The largest absolute Gasteiger partial charge is 0.480 e. The molecule has 1 aromatic rings. The molecule has 8 heteroatoms. The lowest BCUT2D eigenvalue weighted by Crippen LogP contribution is -2.34. The highest BCUT2D eigenvalue weighted by Crippen LogP contribution is 2.42. The molecule has 0 saturated carbocycles. The van der Waals surface area contributed by atoms with Crippen molar-refractivity contribution in [1.29, 1.82) is 0 Å². The fourth-order valence-electron chi connectivity index (χ4n) is 3.63. The zero-order chi connectivity index (χ0) is 18.4. The van der Waals surface area contributed by atoms with E-state index in [2.05, 4.69) is 0 Å². The van der Waals surface area contributed by atoms with Gasteiger partial charge in [0.25, 0.3) is 0 Å². The number of hydrogen-bond acceptors (Lipinski definition) is 4. The number of sulfonamides is 1. The van der Waals surface area contributed by atoms with E-state index in [4.69, 9.17) is 5.11 Å². The third kappa shape index (κ3) is 3.04. The molecule has 1 fully saturated rings. The quantitative estimate of drug-likeness (QED) is 0.855. The van der Waals surface area contributed by atoms with Gasteiger partial charge in [0, 0.05) is 18.8 Å². The SMILES string of the molecule is CC(C)[C@H]1C(=O)N(CC(=O)O)c2ccc(S(=O)(=O)N3CCCC3)cc21. The molecule has 2 aliphatic rings. The zero-order valence-corrected chi connectivity index (χ0v) is 15.1. The van der Waals surface area contributed by atoms with Crippen molar-refractivity contribution in [2.45, 2.75) is 37.5 Å². The number of anilines is 1. The van der Waals surface area contributed by atoms with E-state index in [0.29, 0.717) is 24.3 Å². The van der Waals surface area contributed by atoms with Gasteiger partial charge in [-0.25, -0.2) is 8.42 Å². The van der Waals surface area contributed by atoms with Gasteiger partial charge in [0.05, 0.1) is 10.8 Å². The van der Waals surface area contributed by atoms with Crippen LogP contribution < -0.4 is 4.90 Å². The summed E-state index contributed by atoms with van der Waals surface area (Å²) in [5.41, 5.74) is 1.09. The van der Waals surface area contributed by atoms with Gasteiger partial charge in [0.1, 0.15) is 6.54 Å². The maximum absolute atomic E-state index is 12.8. The number of amides is 1. The van der Waals surface area contributed by atoms with Crippen LogP contribution >= 0.6 is 0 Å². The Morgan fingerprint density at radius 3 is 2.48 bits per heavy atom. The Balaban J connectivity index is 2.06. The number of fused-ring (bicyclic) bond motifs is 1. The van der Waals surface area contributed by atoms with Crippen molar-refractivity contribution in [2.75, 3.05) is 24.5 Å². The summed E-state index contributed by atoms with van der Waals surface area (Å²) in [4.78, 5) is 25.2. The van der Waals surface area contributed by atoms with Gasteiger partial charge >= 0.3 is 5.97 Å². The van der Waals surface area contributed by atoms with E-state index >= 15 is 0 Å². The summed E-state index contributed by atoms with van der Waals surface area (Å²) in [5.74, 6) is -1.97. The first kappa shape index (κ1) is 17.9. The Morgan fingerprint density at radius 1 is 1.28 bits per heavy atom. The molecule has 1 amide bonds. The molecule has 1 aromatic carbocycles. The van der Waals surface area contributed by atoms with E-state index in [1.807, 2.05) is 13.8 Å². The number of benzene rings is 1. The Hall–Kier alpha value is -1.93. The first-order chi connectivity index (χ1) is 11.7. The Labute approximate surface area is 147 Å². The van der Waals surface area contributed by atoms with Crippen LogP contribution in [0.1, 0.15) is 38.2 Å². The number of carboxylic acids is 1. The highest BCUT2D eigenvalue weighted by molar-refractivity contribution is 7.89. The van der Waals surface area contributed by atoms with Crippen molar-refractivity contribution < 1.29 is 23.1 Å². The summed E-state index contributed by atoms with van der Waals surface area (Å²) < 4.78 is 27.0. The maximum atomic E-state index is 12.8. The summed E-state index contributed by atoms with van der Waals surface area (Å²) in [6.07, 6.45) is 1.70. The number of carbonyl (C=O) groups excluding carboxylic acids is 1. The van der Waals surface area contributed by atoms with E-state index in [1.165, 1.54) is 15.3 Å². The Morgan fingerprint density at radius 2 is 1.92 bits per heavy atom. The van der Waals surface area contributed by atoms with Crippen LogP contribution in [-0.4, -0.2) is 49.3 Å². The van der Waals surface area contributed by atoms with Gasteiger partial charge in [0.2, 0.25) is 15.9 Å². The van der Waals surface area contributed by atoms with Crippen LogP contribution in [0.15, 0.2) is 23.1 Å². The van der Waals surface area contributed by atoms with Crippen LogP contribution in [0.3, 0.4) is 0 Å². The van der Waals surface area contributed by atoms with E-state index in [0.717, 1.165) is 12.8 Å². The van der Waals surface area contributed by atoms with Gasteiger partial charge < -0.3 is 10.0 Å². The second kappa shape index (κ2) is 6.42. The standard InChI is InChI=1S/C17H22N2O5S/c1-11(2)16-13-9-12(25(23,24)18-7-3-4-8-18)5-6-14(13)19(17(16)22)10-15(20)21/h5-6,9,11,16H,3-4,7-8,10H2,1-2H3,(H,20,21)/t16-/m1/s1. The van der Waals surface area contributed by atoms with Gasteiger partial charge in [0.15, 0.2) is 0 Å². The molecular weight excluding hydrogens is 344 g/mol. The molecule has 1 saturated heterocycles. The van der Waals surface area contributed by atoms with E-state index in [9.17, 15) is 18.0 Å². The molecule has 0 radical (unpaired) electrons. The van der Waals surface area contributed by atoms with E-state index in [-0.39, 0.29) is 16.7 Å². The van der Waals surface area contributed by atoms with Crippen molar-refractivity contribution in [3.8, 4) is 0 Å². The van der Waals surface area contributed by atoms with Crippen molar-refractivity contribution >= 4 is 27.6 Å². The molecule has 0 unspecified atom stereocenters. The van der Waals surface area contributed by atoms with Crippen molar-refractivity contribution in [2.24, 2.45) is 5.92 Å². The first-order valence-corrected chi connectivity index (χ1v) is 9.84. The summed E-state index contributed by atoms with van der Waals surface area (Å²) in [5, 5.41) is 9.07. The Bertz CT molecular complexity index is 812. The molecule has 0 spiro atoms. The second-order valence-corrected chi connectivity index (χ2v) is 8.81. The van der Waals surface area contributed by atoms with Crippen molar-refractivity contribution in [1.82, 2.24) is 4.31 Å². The third-order valence-electron chi connectivity index (χ3n) is 4.82. The van der Waals surface area contributed by atoms with Gasteiger partial charge in [-0.15, -0.1) is 0 Å². The minimum absolute atomic E-state index is 0.0604. The van der Waals surface area contributed by atoms with Crippen LogP contribution in [0.5, 0.6) is 0 Å². The lowest BCUT2D eigenvalue weighted by molar-refractivity contribution is -0.136. The average Bonchev–Trinajstić information content (AvgIpc) is 3.14. The van der Waals surface area contributed by atoms with Crippen LogP contribution in [0.25, 0.3) is 0 Å². The number of hydrogen-bond donors (Lipinski definition) is 1. The minimum Gasteiger partial charge on any atom is -0.480 e. The summed E-state index contributed by atoms with van der Waals surface area (Å²) in [6, 6.07) is 4.58. The molecule has 7 nitrogen and oxygen atoms in total. The smallest absolute Gasteiger partial charge is 0.323 e. The summed E-state index contributed by atoms with van der Waals surface area (Å²) >= 11 is 0. The van der Waals surface area contributed by atoms with Crippen LogP contribution in [-0.2, 0) is 19.6 Å². The molecule has 136 valence electrons. The van der Waals surface area contributed by atoms with Crippen LogP contribution in [0.2, 0.25) is 0 Å². The molecular formula is C17H22N2O5S. The topological polar surface area (TPSA) is 95.0 Å². The molecule has 0 bridgehead atoms. The number of carbonyl (C=O) groups is 2. The normalized spacial score (nSPS) is 21.2. The molecule has 0 aromatic heterocycles. The predicted octanol–water partition coefficient (Wildman–Crippen LogP) is 1.64. The summed E-state index contributed by atoms with van der Waals surface area (Å²) in [6.45, 7) is 4.35. The fourth-order valence-corrected chi connectivity index (χ4v) is 5.18. The molecule has 25 heavy (non-hydrogen) atoms. The number of nitrogens with zero attached hydrogens (tertiary/aromatic N) is 2. The lowest BCUT2D eigenvalue weighted by Gasteiger charge is -2.17. The minimum atomic E-state index is -3.58. The molecule has 0 aliphatic carbocycles. The maximum Gasteiger partial charge on any atom is 0.323 e. The van der Waals surface area contributed by atoms with Crippen molar-refractivity contribution in [3.05, 3.63) is 23.8 Å². The van der Waals surface area contributed by atoms with Crippen LogP contribution in [0.4, 0.5) is 5.69 Å². The predicted molar refractivity (Wildman–Crippen MR) is 92.0 cm³/mol. The summed E-state index contributed by atoms with van der Waals surface area (Å²) in [7, 11) is -3.58. The highest BCUT2D eigenvalue weighted by atomic mass is 32.2. The lowest BCUT2D eigenvalue weighted by atomic mass is 9.90. The van der Waals surface area contributed by atoms with Gasteiger partial charge in [-0.2, -0.15) is 4.31 Å². The van der Waals surface area contributed by atoms with E-state index < -0.39 is 28.5 Å². The Kier molecular flexibility index (Phi) is 4.59. The van der Waals surface area contributed by atoms with E-state index in [1.54, 1.807) is 12.1 Å². The molecule has 2 heterocycles. The van der Waals surface area contributed by atoms with Gasteiger partial charge in [-0.3, -0.25) is 9.59 Å². The zero-order valence-electron chi connectivity index (χ0n) is 14.3. The molecule has 1 N–H and O–H groups in total. The van der Waals surface area contributed by atoms with Crippen LogP contribution in [0, 0.1) is 5.92 Å². The average molecular weight is 366 g/mol. The highest BCUT2D eigenvalue weighted by Gasteiger charge is 2.41. The molecule has 2 aliphatic heterocycles. The number of carboxylic acid groups (broad SMARTS) is 1. The number of rotatable bonds is 5. The molecule has 3 rings (SSSR count). The van der Waals surface area contributed by atoms with Gasteiger partial charge in [-0.05, 0) is 42.5 Å². The number of aliphatic carboxylic acids is 1. The first-order valence-electron chi connectivity index (χ1n) is 8.40.